The van der Waals surface area contributed by atoms with Gasteiger partial charge in [0.2, 0.25) is 0 Å². The predicted molar refractivity (Wildman–Crippen MR) is 74.0 cm³/mol. The number of para-hydroxylation sites is 1. The minimum Gasteiger partial charge on any atom is -0.508 e. The SMILES string of the molecule is O=C(O)/C=C/c1ccc(Cc2ccccc2O)cc1. The number of carbonyl (C=O) groups is 1. The molecule has 0 aliphatic carbocycles. The van der Waals surface area contributed by atoms with Crippen LogP contribution >= 0.6 is 0 Å². The van der Waals surface area contributed by atoms with Crippen molar-refractivity contribution in [3.05, 3.63) is 71.3 Å². The number of benzene rings is 2. The van der Waals surface area contributed by atoms with E-state index in [0.717, 1.165) is 22.8 Å². The van der Waals surface area contributed by atoms with Gasteiger partial charge in [0.25, 0.3) is 0 Å². The second kappa shape index (κ2) is 5.87. The summed E-state index contributed by atoms with van der Waals surface area (Å²) in [5, 5.41) is 18.2. The molecule has 96 valence electrons. The van der Waals surface area contributed by atoms with Crippen LogP contribution in [0, 0.1) is 0 Å². The van der Waals surface area contributed by atoms with Crippen LogP contribution in [0.2, 0.25) is 0 Å². The predicted octanol–water partition coefficient (Wildman–Crippen LogP) is 3.08. The number of rotatable bonds is 4. The summed E-state index contributed by atoms with van der Waals surface area (Å²) in [5.41, 5.74) is 2.77. The molecule has 0 aliphatic rings. The van der Waals surface area contributed by atoms with E-state index < -0.39 is 5.97 Å². The molecule has 0 aromatic heterocycles. The number of hydrogen-bond donors (Lipinski definition) is 2. The van der Waals surface area contributed by atoms with Gasteiger partial charge in [0.1, 0.15) is 5.75 Å². The number of carboxylic acid groups (broad SMARTS) is 1. The van der Waals surface area contributed by atoms with Crippen molar-refractivity contribution in [2.75, 3.05) is 0 Å². The molecule has 0 radical (unpaired) electrons. The average Bonchev–Trinajstić information content (AvgIpc) is 2.40. The van der Waals surface area contributed by atoms with Gasteiger partial charge in [-0.1, -0.05) is 42.5 Å². The van der Waals surface area contributed by atoms with Crippen LogP contribution in [0.4, 0.5) is 0 Å². The third kappa shape index (κ3) is 3.71. The van der Waals surface area contributed by atoms with Crippen LogP contribution in [0.3, 0.4) is 0 Å². The minimum atomic E-state index is -0.960. The summed E-state index contributed by atoms with van der Waals surface area (Å²) in [7, 11) is 0. The Morgan fingerprint density at radius 1 is 1.05 bits per heavy atom. The highest BCUT2D eigenvalue weighted by molar-refractivity contribution is 5.85. The molecule has 19 heavy (non-hydrogen) atoms. The Balaban J connectivity index is 2.11. The lowest BCUT2D eigenvalue weighted by molar-refractivity contribution is -0.131. The first-order chi connectivity index (χ1) is 9.15. The third-order valence-corrected chi connectivity index (χ3v) is 2.78. The first-order valence-corrected chi connectivity index (χ1v) is 5.92. The van der Waals surface area contributed by atoms with Gasteiger partial charge in [0, 0.05) is 12.5 Å². The summed E-state index contributed by atoms with van der Waals surface area (Å²) < 4.78 is 0. The molecule has 3 nitrogen and oxygen atoms in total. The lowest BCUT2D eigenvalue weighted by Gasteiger charge is -2.04. The van der Waals surface area contributed by atoms with Gasteiger partial charge < -0.3 is 10.2 Å². The van der Waals surface area contributed by atoms with E-state index in [-0.39, 0.29) is 5.75 Å². The molecule has 0 bridgehead atoms. The van der Waals surface area contributed by atoms with Crippen molar-refractivity contribution in [1.29, 1.82) is 0 Å². The van der Waals surface area contributed by atoms with Crippen LogP contribution in [0.5, 0.6) is 5.75 Å². The van der Waals surface area contributed by atoms with Gasteiger partial charge in [-0.2, -0.15) is 0 Å². The van der Waals surface area contributed by atoms with E-state index in [1.165, 1.54) is 0 Å². The summed E-state index contributed by atoms with van der Waals surface area (Å²) in [6.07, 6.45) is 3.31. The molecule has 0 heterocycles. The van der Waals surface area contributed by atoms with Gasteiger partial charge in [-0.05, 0) is 28.8 Å². The van der Waals surface area contributed by atoms with Crippen molar-refractivity contribution in [3.8, 4) is 5.75 Å². The molecule has 0 atom stereocenters. The van der Waals surface area contributed by atoms with E-state index in [0.29, 0.717) is 6.42 Å². The summed E-state index contributed by atoms with van der Waals surface area (Å²) in [6, 6.07) is 14.8. The standard InChI is InChI=1S/C16H14O3/c17-15-4-2-1-3-14(15)11-13-7-5-12(6-8-13)9-10-16(18)19/h1-10,17H,11H2,(H,18,19)/b10-9+. The normalized spacial score (nSPS) is 10.7. The number of aromatic hydroxyl groups is 1. The van der Waals surface area contributed by atoms with Crippen LogP contribution in [0.25, 0.3) is 6.08 Å². The van der Waals surface area contributed by atoms with E-state index in [2.05, 4.69) is 0 Å². The molecular weight excluding hydrogens is 240 g/mol. The molecule has 2 N–H and O–H groups in total. The number of phenols is 1. The third-order valence-electron chi connectivity index (χ3n) is 2.78. The molecule has 0 saturated carbocycles. The van der Waals surface area contributed by atoms with E-state index in [4.69, 9.17) is 5.11 Å². The highest BCUT2D eigenvalue weighted by Gasteiger charge is 2.01. The maximum absolute atomic E-state index is 10.4. The lowest BCUT2D eigenvalue weighted by atomic mass is 10.0. The molecule has 3 heteroatoms. The highest BCUT2D eigenvalue weighted by atomic mass is 16.4. The summed E-state index contributed by atoms with van der Waals surface area (Å²) in [4.78, 5) is 10.4. The monoisotopic (exact) mass is 254 g/mol. The fraction of sp³-hybridized carbons (Fsp3) is 0.0625. The Morgan fingerprint density at radius 3 is 2.37 bits per heavy atom. The Hall–Kier alpha value is -2.55. The van der Waals surface area contributed by atoms with E-state index in [1.54, 1.807) is 18.2 Å². The van der Waals surface area contributed by atoms with Crippen LogP contribution in [-0.2, 0) is 11.2 Å². The molecule has 0 saturated heterocycles. The number of phenolic OH excluding ortho intramolecular Hbond substituents is 1. The van der Waals surface area contributed by atoms with Crippen molar-refractivity contribution in [2.24, 2.45) is 0 Å². The Morgan fingerprint density at radius 2 is 1.74 bits per heavy atom. The van der Waals surface area contributed by atoms with Gasteiger partial charge in [0.05, 0.1) is 0 Å². The molecule has 0 unspecified atom stereocenters. The van der Waals surface area contributed by atoms with E-state index in [9.17, 15) is 9.90 Å². The van der Waals surface area contributed by atoms with E-state index in [1.807, 2.05) is 36.4 Å². The molecule has 2 rings (SSSR count). The van der Waals surface area contributed by atoms with Gasteiger partial charge >= 0.3 is 5.97 Å². The largest absolute Gasteiger partial charge is 0.508 e. The Labute approximate surface area is 111 Å². The second-order valence-electron chi connectivity index (χ2n) is 4.22. The van der Waals surface area contributed by atoms with Crippen molar-refractivity contribution >= 4 is 12.0 Å². The van der Waals surface area contributed by atoms with Crippen molar-refractivity contribution in [1.82, 2.24) is 0 Å². The van der Waals surface area contributed by atoms with Crippen LogP contribution in [0.15, 0.2) is 54.6 Å². The van der Waals surface area contributed by atoms with Crippen molar-refractivity contribution in [3.63, 3.8) is 0 Å². The topological polar surface area (TPSA) is 57.5 Å². The quantitative estimate of drug-likeness (QED) is 0.824. The van der Waals surface area contributed by atoms with Crippen LogP contribution in [-0.4, -0.2) is 16.2 Å². The van der Waals surface area contributed by atoms with E-state index >= 15 is 0 Å². The second-order valence-corrected chi connectivity index (χ2v) is 4.22. The number of carboxylic acids is 1. The molecule has 0 aliphatic heterocycles. The zero-order valence-corrected chi connectivity index (χ0v) is 10.3. The van der Waals surface area contributed by atoms with Crippen molar-refractivity contribution in [2.45, 2.75) is 6.42 Å². The molecule has 0 fully saturated rings. The first-order valence-electron chi connectivity index (χ1n) is 5.92. The molecule has 2 aromatic rings. The van der Waals surface area contributed by atoms with Gasteiger partial charge in [-0.15, -0.1) is 0 Å². The Kier molecular flexibility index (Phi) is 3.98. The lowest BCUT2D eigenvalue weighted by Crippen LogP contribution is -1.89. The van der Waals surface area contributed by atoms with Gasteiger partial charge in [-0.25, -0.2) is 4.79 Å². The number of aliphatic carboxylic acids is 1. The fourth-order valence-electron chi connectivity index (χ4n) is 1.79. The van der Waals surface area contributed by atoms with Gasteiger partial charge in [-0.3, -0.25) is 0 Å². The molecule has 0 spiro atoms. The molecule has 0 amide bonds. The van der Waals surface area contributed by atoms with Crippen LogP contribution < -0.4 is 0 Å². The zero-order valence-electron chi connectivity index (χ0n) is 10.3. The Bertz CT molecular complexity index is 598. The maximum Gasteiger partial charge on any atom is 0.328 e. The zero-order chi connectivity index (χ0) is 13.7. The smallest absolute Gasteiger partial charge is 0.328 e. The number of hydrogen-bond acceptors (Lipinski definition) is 2. The molecular formula is C16H14O3. The molecule has 2 aromatic carbocycles. The fourth-order valence-corrected chi connectivity index (χ4v) is 1.79. The van der Waals surface area contributed by atoms with Crippen LogP contribution in [0.1, 0.15) is 16.7 Å². The minimum absolute atomic E-state index is 0.289. The average molecular weight is 254 g/mol. The van der Waals surface area contributed by atoms with Crippen molar-refractivity contribution < 1.29 is 15.0 Å². The summed E-state index contributed by atoms with van der Waals surface area (Å²) in [5.74, 6) is -0.671. The summed E-state index contributed by atoms with van der Waals surface area (Å²) >= 11 is 0. The van der Waals surface area contributed by atoms with Gasteiger partial charge in [0.15, 0.2) is 0 Å². The highest BCUT2D eigenvalue weighted by Crippen LogP contribution is 2.20. The maximum atomic E-state index is 10.4. The first kappa shape index (κ1) is 12.9. The summed E-state index contributed by atoms with van der Waals surface area (Å²) in [6.45, 7) is 0.